The molecule has 5 rings (SSSR count). The van der Waals surface area contributed by atoms with E-state index in [1.165, 1.54) is 29.4 Å². The van der Waals surface area contributed by atoms with Crippen LogP contribution in [0.5, 0.6) is 5.88 Å². The van der Waals surface area contributed by atoms with E-state index in [9.17, 15) is 22.8 Å². The number of halogens is 4. The first-order valence-electron chi connectivity index (χ1n) is 14.1. The zero-order chi connectivity index (χ0) is 29.4. The summed E-state index contributed by atoms with van der Waals surface area (Å²) in [7, 11) is 0. The second kappa shape index (κ2) is 11.2. The molecular weight excluding hydrogens is 542 g/mol. The number of carbonyl (C=O) groups is 2. The summed E-state index contributed by atoms with van der Waals surface area (Å²) in [5.41, 5.74) is 3.49. The molecule has 3 fully saturated rings. The fourth-order valence-electron chi connectivity index (χ4n) is 6.16. The Morgan fingerprint density at radius 1 is 1.07 bits per heavy atom. The van der Waals surface area contributed by atoms with Gasteiger partial charge in [0, 0.05) is 18.7 Å². The topological polar surface area (TPSA) is 102 Å². The van der Waals surface area contributed by atoms with E-state index in [2.05, 4.69) is 9.97 Å². The molecule has 1 atom stereocenters. The standard InChI is InChI=1S/C29H35F4N5O3/c1-27(26(34)40)8-3-11-38(27)25(39)21-5-4-20(14-22(21)30)23-15-36-24(16-35-23)41-17-19-6-12-37(13-7-19)18-28(9-2-10-28)29(31,32)33/h4-5,14-16,19H,2-3,6-13,17-18H2,1H3,(H2,34,40). The summed E-state index contributed by atoms with van der Waals surface area (Å²) in [6.07, 6.45) is 2.36. The van der Waals surface area contributed by atoms with Gasteiger partial charge < -0.3 is 20.3 Å². The molecular formula is C29H35F4N5O3. The lowest BCUT2D eigenvalue weighted by Crippen LogP contribution is -2.54. The Labute approximate surface area is 236 Å². The van der Waals surface area contributed by atoms with Crippen LogP contribution >= 0.6 is 0 Å². The highest BCUT2D eigenvalue weighted by Gasteiger charge is 2.58. The van der Waals surface area contributed by atoms with Gasteiger partial charge >= 0.3 is 6.18 Å². The Kier molecular flexibility index (Phi) is 7.97. The van der Waals surface area contributed by atoms with Gasteiger partial charge in [-0.3, -0.25) is 9.59 Å². The number of likely N-dealkylation sites (tertiary alicyclic amines) is 2. The lowest BCUT2D eigenvalue weighted by Gasteiger charge is -2.47. The van der Waals surface area contributed by atoms with Gasteiger partial charge in [-0.05, 0) is 76.6 Å². The summed E-state index contributed by atoms with van der Waals surface area (Å²) in [5.74, 6) is -1.43. The molecule has 2 amide bonds. The molecule has 0 spiro atoms. The number of nitrogens with two attached hydrogens (primary N) is 1. The molecule has 41 heavy (non-hydrogen) atoms. The number of benzene rings is 1. The average Bonchev–Trinajstić information content (AvgIpc) is 3.32. The van der Waals surface area contributed by atoms with E-state index in [0.717, 1.165) is 12.8 Å². The minimum absolute atomic E-state index is 0.0811. The van der Waals surface area contributed by atoms with Crippen molar-refractivity contribution >= 4 is 11.8 Å². The molecule has 222 valence electrons. The van der Waals surface area contributed by atoms with Gasteiger partial charge in [0.25, 0.3) is 5.91 Å². The SMILES string of the molecule is CC1(C(N)=O)CCCN1C(=O)c1ccc(-c2cnc(OCC3CCN(CC4(C(F)(F)F)CCC4)CC3)cn2)cc1F. The summed E-state index contributed by atoms with van der Waals surface area (Å²) in [5, 5.41) is 0. The first kappa shape index (κ1) is 29.2. The quantitative estimate of drug-likeness (QED) is 0.461. The molecule has 2 saturated heterocycles. The number of hydrogen-bond donors (Lipinski definition) is 1. The van der Waals surface area contributed by atoms with Crippen LogP contribution in [0.1, 0.15) is 62.2 Å². The van der Waals surface area contributed by atoms with E-state index in [4.69, 9.17) is 10.5 Å². The van der Waals surface area contributed by atoms with Crippen molar-refractivity contribution in [2.45, 2.75) is 63.6 Å². The highest BCUT2D eigenvalue weighted by atomic mass is 19.4. The fourth-order valence-corrected chi connectivity index (χ4v) is 6.16. The molecule has 1 unspecified atom stereocenters. The van der Waals surface area contributed by atoms with Crippen molar-refractivity contribution in [1.82, 2.24) is 19.8 Å². The Morgan fingerprint density at radius 3 is 2.37 bits per heavy atom. The maximum atomic E-state index is 15.0. The lowest BCUT2D eigenvalue weighted by molar-refractivity contribution is -0.256. The maximum Gasteiger partial charge on any atom is 0.395 e. The van der Waals surface area contributed by atoms with Crippen molar-refractivity contribution in [3.05, 3.63) is 42.0 Å². The van der Waals surface area contributed by atoms with Gasteiger partial charge in [0.2, 0.25) is 11.8 Å². The molecule has 3 heterocycles. The van der Waals surface area contributed by atoms with E-state index in [-0.39, 0.29) is 30.9 Å². The molecule has 1 aromatic heterocycles. The summed E-state index contributed by atoms with van der Waals surface area (Å²) in [6.45, 7) is 3.61. The number of nitrogens with zero attached hydrogens (tertiary/aromatic N) is 4. The third kappa shape index (κ3) is 5.75. The lowest BCUT2D eigenvalue weighted by atomic mass is 9.67. The second-order valence-corrected chi connectivity index (χ2v) is 11.8. The van der Waals surface area contributed by atoms with Gasteiger partial charge in [-0.25, -0.2) is 14.4 Å². The number of aromatic nitrogens is 2. The van der Waals surface area contributed by atoms with Crippen LogP contribution in [0.3, 0.4) is 0 Å². The van der Waals surface area contributed by atoms with E-state index in [1.807, 2.05) is 4.90 Å². The molecule has 12 heteroatoms. The zero-order valence-corrected chi connectivity index (χ0v) is 23.1. The number of alkyl halides is 3. The monoisotopic (exact) mass is 577 g/mol. The van der Waals surface area contributed by atoms with Crippen LogP contribution < -0.4 is 10.5 Å². The van der Waals surface area contributed by atoms with E-state index >= 15 is 4.39 Å². The number of primary amides is 1. The molecule has 2 aromatic rings. The number of amides is 2. The van der Waals surface area contributed by atoms with Crippen LogP contribution in [-0.4, -0.2) is 76.1 Å². The minimum Gasteiger partial charge on any atom is -0.476 e. The first-order chi connectivity index (χ1) is 19.4. The van der Waals surface area contributed by atoms with Crippen molar-refractivity contribution in [3.8, 4) is 17.1 Å². The molecule has 1 aliphatic carbocycles. The number of piperidine rings is 1. The van der Waals surface area contributed by atoms with Crippen LogP contribution in [0.25, 0.3) is 11.3 Å². The predicted molar refractivity (Wildman–Crippen MR) is 142 cm³/mol. The molecule has 0 bridgehead atoms. The highest BCUT2D eigenvalue weighted by Crippen LogP contribution is 2.53. The Bertz CT molecular complexity index is 1280. The van der Waals surface area contributed by atoms with Crippen LogP contribution in [-0.2, 0) is 4.79 Å². The van der Waals surface area contributed by atoms with Crippen molar-refractivity contribution in [2.24, 2.45) is 17.1 Å². The first-order valence-corrected chi connectivity index (χ1v) is 14.1. The number of rotatable bonds is 8. The molecule has 0 radical (unpaired) electrons. The van der Waals surface area contributed by atoms with Gasteiger partial charge in [-0.15, -0.1) is 0 Å². The normalized spacial score (nSPS) is 23.3. The summed E-state index contributed by atoms with van der Waals surface area (Å²) >= 11 is 0. The van der Waals surface area contributed by atoms with Gasteiger partial charge in [0.1, 0.15) is 11.4 Å². The minimum atomic E-state index is -4.15. The van der Waals surface area contributed by atoms with Gasteiger partial charge in [-0.2, -0.15) is 13.2 Å². The van der Waals surface area contributed by atoms with Crippen molar-refractivity contribution < 1.29 is 31.9 Å². The highest BCUT2D eigenvalue weighted by molar-refractivity contribution is 5.99. The van der Waals surface area contributed by atoms with Crippen molar-refractivity contribution in [2.75, 3.05) is 32.8 Å². The van der Waals surface area contributed by atoms with Gasteiger partial charge in [0.05, 0.1) is 35.7 Å². The van der Waals surface area contributed by atoms with Crippen LogP contribution in [0, 0.1) is 17.2 Å². The van der Waals surface area contributed by atoms with E-state index < -0.39 is 34.8 Å². The third-order valence-corrected chi connectivity index (χ3v) is 9.15. The second-order valence-electron chi connectivity index (χ2n) is 11.8. The number of ether oxygens (including phenoxy) is 1. The molecule has 8 nitrogen and oxygen atoms in total. The van der Waals surface area contributed by atoms with Crippen molar-refractivity contribution in [3.63, 3.8) is 0 Å². The molecule has 1 aromatic carbocycles. The Hall–Kier alpha value is -3.28. The van der Waals surface area contributed by atoms with Gasteiger partial charge in [-0.1, -0.05) is 12.5 Å². The fraction of sp³-hybridized carbons (Fsp3) is 0.586. The number of carbonyl (C=O) groups excluding carboxylic acids is 2. The van der Waals surface area contributed by atoms with Crippen LogP contribution in [0.2, 0.25) is 0 Å². The molecule has 2 N–H and O–H groups in total. The van der Waals surface area contributed by atoms with E-state index in [1.54, 1.807) is 13.0 Å². The van der Waals surface area contributed by atoms with Gasteiger partial charge in [0.15, 0.2) is 0 Å². The maximum absolute atomic E-state index is 15.0. The van der Waals surface area contributed by atoms with Crippen LogP contribution in [0.15, 0.2) is 30.6 Å². The van der Waals surface area contributed by atoms with E-state index in [0.29, 0.717) is 62.6 Å². The smallest absolute Gasteiger partial charge is 0.395 e. The molecule has 2 aliphatic heterocycles. The predicted octanol–water partition coefficient (Wildman–Crippen LogP) is 4.59. The largest absolute Gasteiger partial charge is 0.476 e. The zero-order valence-electron chi connectivity index (χ0n) is 23.1. The Morgan fingerprint density at radius 2 is 1.80 bits per heavy atom. The summed E-state index contributed by atoms with van der Waals surface area (Å²) < 4.78 is 61.3. The van der Waals surface area contributed by atoms with Crippen LogP contribution in [0.4, 0.5) is 17.6 Å². The summed E-state index contributed by atoms with van der Waals surface area (Å²) in [4.78, 5) is 36.8. The average molecular weight is 578 g/mol. The number of hydrogen-bond acceptors (Lipinski definition) is 6. The molecule has 3 aliphatic rings. The summed E-state index contributed by atoms with van der Waals surface area (Å²) in [6, 6.07) is 4.14. The third-order valence-electron chi connectivity index (χ3n) is 9.15. The van der Waals surface area contributed by atoms with Crippen molar-refractivity contribution in [1.29, 1.82) is 0 Å². The molecule has 1 saturated carbocycles. The Balaban J connectivity index is 1.13.